The molecule has 1 atom stereocenters. The molecule has 27 heavy (non-hydrogen) atoms. The predicted octanol–water partition coefficient (Wildman–Crippen LogP) is -0.156. The fourth-order valence-corrected chi connectivity index (χ4v) is 3.28. The molecule has 0 aromatic carbocycles. The summed E-state index contributed by atoms with van der Waals surface area (Å²) in [5, 5.41) is 5.87. The smallest absolute Gasteiger partial charge is 0.274 e. The lowest BCUT2D eigenvalue weighted by Gasteiger charge is -2.33. The van der Waals surface area contributed by atoms with Crippen molar-refractivity contribution in [2.75, 3.05) is 18.0 Å². The Hall–Kier alpha value is -3.30. The molecule has 0 saturated carbocycles. The van der Waals surface area contributed by atoms with Crippen molar-refractivity contribution in [3.8, 4) is 0 Å². The average Bonchev–Trinajstić information content (AvgIpc) is 3.05. The molecule has 1 aliphatic heterocycles. The highest BCUT2D eigenvalue weighted by atomic mass is 16.2. The van der Waals surface area contributed by atoms with Crippen LogP contribution >= 0.6 is 0 Å². The number of amides is 1. The lowest BCUT2D eigenvalue weighted by molar-refractivity contribution is -0.121. The highest BCUT2D eigenvalue weighted by Crippen LogP contribution is 2.15. The van der Waals surface area contributed by atoms with E-state index >= 15 is 0 Å². The minimum absolute atomic E-state index is 0.0162. The molecule has 1 aliphatic rings. The summed E-state index contributed by atoms with van der Waals surface area (Å²) in [6.45, 7) is 3.26. The molecule has 0 unspecified atom stereocenters. The second kappa shape index (κ2) is 7.14. The summed E-state index contributed by atoms with van der Waals surface area (Å²) < 4.78 is 1.24. The van der Waals surface area contributed by atoms with Gasteiger partial charge in [0.2, 0.25) is 11.9 Å². The van der Waals surface area contributed by atoms with Crippen LogP contribution in [-0.2, 0) is 11.2 Å². The number of aromatic nitrogens is 6. The van der Waals surface area contributed by atoms with E-state index in [0.717, 1.165) is 19.4 Å². The van der Waals surface area contributed by atoms with Gasteiger partial charge in [-0.15, -0.1) is 0 Å². The van der Waals surface area contributed by atoms with E-state index in [4.69, 9.17) is 0 Å². The Balaban J connectivity index is 1.40. The van der Waals surface area contributed by atoms with Crippen LogP contribution in [0.4, 0.5) is 5.95 Å². The van der Waals surface area contributed by atoms with E-state index in [1.54, 1.807) is 25.4 Å². The Labute approximate surface area is 154 Å². The van der Waals surface area contributed by atoms with Crippen LogP contribution < -0.4 is 15.8 Å². The minimum atomic E-state index is -0.248. The summed E-state index contributed by atoms with van der Waals surface area (Å²) >= 11 is 0. The number of fused-ring (bicyclic) bond motifs is 1. The molecule has 1 fully saturated rings. The van der Waals surface area contributed by atoms with Crippen LogP contribution in [-0.4, -0.2) is 54.6 Å². The first-order chi connectivity index (χ1) is 13.1. The van der Waals surface area contributed by atoms with E-state index in [2.05, 4.69) is 35.3 Å². The van der Waals surface area contributed by atoms with Gasteiger partial charge in [0.05, 0.1) is 6.42 Å². The van der Waals surface area contributed by atoms with Gasteiger partial charge >= 0.3 is 0 Å². The first-order valence-electron chi connectivity index (χ1n) is 8.85. The zero-order chi connectivity index (χ0) is 18.8. The van der Waals surface area contributed by atoms with Crippen LogP contribution in [0, 0.1) is 6.92 Å². The fraction of sp³-hybridized carbons (Fsp3) is 0.412. The SMILES string of the molecule is Cc1cc(=O)n2[nH]c(CC(=O)N[C@@H]3CCCN(c4ncccn4)C3)nc2n1. The summed E-state index contributed by atoms with van der Waals surface area (Å²) in [4.78, 5) is 43.4. The van der Waals surface area contributed by atoms with Gasteiger partial charge in [-0.2, -0.15) is 9.50 Å². The maximum absolute atomic E-state index is 12.4. The Kier molecular flexibility index (Phi) is 4.53. The minimum Gasteiger partial charge on any atom is -0.351 e. The molecule has 4 heterocycles. The number of carbonyl (C=O) groups is 1. The number of nitrogens with zero attached hydrogens (tertiary/aromatic N) is 6. The van der Waals surface area contributed by atoms with Gasteiger partial charge in [-0.25, -0.2) is 15.0 Å². The average molecular weight is 368 g/mol. The molecule has 10 heteroatoms. The number of piperidine rings is 1. The molecule has 1 amide bonds. The largest absolute Gasteiger partial charge is 0.351 e. The number of aromatic amines is 1. The van der Waals surface area contributed by atoms with Crippen LogP contribution in [0.3, 0.4) is 0 Å². The lowest BCUT2D eigenvalue weighted by Crippen LogP contribution is -2.48. The number of rotatable bonds is 4. The third-order valence-electron chi connectivity index (χ3n) is 4.45. The number of H-pyrrole nitrogens is 1. The Morgan fingerprint density at radius 1 is 1.33 bits per heavy atom. The molecular weight excluding hydrogens is 348 g/mol. The molecule has 3 aromatic heterocycles. The van der Waals surface area contributed by atoms with E-state index in [9.17, 15) is 9.59 Å². The second-order valence-corrected chi connectivity index (χ2v) is 6.62. The standard InChI is InChI=1S/C17H20N8O2/c1-11-8-15(27)25-17(20-11)22-13(23-25)9-14(26)21-12-4-2-7-24(10-12)16-18-5-3-6-19-16/h3,5-6,8,12H,2,4,7,9-10H2,1H3,(H,21,26)(H,20,22,23)/t12-/m1/s1. The summed E-state index contributed by atoms with van der Waals surface area (Å²) in [6, 6.07) is 3.21. The lowest BCUT2D eigenvalue weighted by atomic mass is 10.1. The van der Waals surface area contributed by atoms with Gasteiger partial charge in [-0.1, -0.05) is 0 Å². The van der Waals surface area contributed by atoms with E-state index in [0.29, 0.717) is 24.0 Å². The van der Waals surface area contributed by atoms with E-state index in [-0.39, 0.29) is 29.7 Å². The Bertz CT molecular complexity index is 1010. The normalized spacial score (nSPS) is 17.2. The van der Waals surface area contributed by atoms with Crippen molar-refractivity contribution in [3.63, 3.8) is 0 Å². The third kappa shape index (κ3) is 3.78. The Morgan fingerprint density at radius 2 is 2.15 bits per heavy atom. The maximum atomic E-state index is 12.4. The van der Waals surface area contributed by atoms with E-state index in [1.165, 1.54) is 10.6 Å². The molecule has 1 saturated heterocycles. The van der Waals surface area contributed by atoms with Crippen molar-refractivity contribution in [2.45, 2.75) is 32.2 Å². The van der Waals surface area contributed by atoms with Crippen molar-refractivity contribution in [1.82, 2.24) is 34.9 Å². The molecule has 10 nitrogen and oxygen atoms in total. The molecule has 0 spiro atoms. The van der Waals surface area contributed by atoms with Gasteiger partial charge in [-0.05, 0) is 25.8 Å². The summed E-state index contributed by atoms with van der Waals surface area (Å²) in [7, 11) is 0. The number of nitrogens with one attached hydrogen (secondary N) is 2. The van der Waals surface area contributed by atoms with Gasteiger partial charge in [0.1, 0.15) is 5.82 Å². The number of hydrogen-bond donors (Lipinski definition) is 2. The van der Waals surface area contributed by atoms with Crippen molar-refractivity contribution < 1.29 is 4.79 Å². The van der Waals surface area contributed by atoms with Crippen molar-refractivity contribution >= 4 is 17.6 Å². The summed E-state index contributed by atoms with van der Waals surface area (Å²) in [6.07, 6.45) is 5.33. The zero-order valence-corrected chi connectivity index (χ0v) is 14.9. The monoisotopic (exact) mass is 368 g/mol. The summed E-state index contributed by atoms with van der Waals surface area (Å²) in [5.41, 5.74) is 0.343. The third-order valence-corrected chi connectivity index (χ3v) is 4.45. The molecule has 140 valence electrons. The molecular formula is C17H20N8O2. The molecule has 4 rings (SSSR count). The highest BCUT2D eigenvalue weighted by molar-refractivity contribution is 5.78. The predicted molar refractivity (Wildman–Crippen MR) is 97.5 cm³/mol. The number of hydrogen-bond acceptors (Lipinski definition) is 7. The quantitative estimate of drug-likeness (QED) is 0.656. The first kappa shape index (κ1) is 17.1. The molecule has 0 radical (unpaired) electrons. The second-order valence-electron chi connectivity index (χ2n) is 6.62. The van der Waals surface area contributed by atoms with Gasteiger partial charge in [0, 0.05) is 43.3 Å². The number of anilines is 1. The van der Waals surface area contributed by atoms with Gasteiger partial charge < -0.3 is 10.2 Å². The molecule has 2 N–H and O–H groups in total. The molecule has 0 aliphatic carbocycles. The van der Waals surface area contributed by atoms with E-state index in [1.807, 2.05) is 0 Å². The van der Waals surface area contributed by atoms with Gasteiger partial charge in [0.15, 0.2) is 0 Å². The van der Waals surface area contributed by atoms with Crippen molar-refractivity contribution in [2.24, 2.45) is 0 Å². The molecule has 0 bridgehead atoms. The van der Waals surface area contributed by atoms with Crippen molar-refractivity contribution in [3.05, 3.63) is 46.4 Å². The topological polar surface area (TPSA) is 121 Å². The fourth-order valence-electron chi connectivity index (χ4n) is 3.28. The van der Waals surface area contributed by atoms with Gasteiger partial charge in [0.25, 0.3) is 11.3 Å². The summed E-state index contributed by atoms with van der Waals surface area (Å²) in [5.74, 6) is 1.20. The van der Waals surface area contributed by atoms with Gasteiger partial charge in [-0.3, -0.25) is 14.7 Å². The molecule has 3 aromatic rings. The van der Waals surface area contributed by atoms with Crippen LogP contribution in [0.25, 0.3) is 5.78 Å². The Morgan fingerprint density at radius 3 is 2.96 bits per heavy atom. The van der Waals surface area contributed by atoms with Crippen molar-refractivity contribution in [1.29, 1.82) is 0 Å². The number of carbonyl (C=O) groups excluding carboxylic acids is 1. The van der Waals surface area contributed by atoms with Crippen LogP contribution in [0.1, 0.15) is 24.4 Å². The zero-order valence-electron chi connectivity index (χ0n) is 14.9. The number of aryl methyl sites for hydroxylation is 1. The first-order valence-corrected chi connectivity index (χ1v) is 8.85. The highest BCUT2D eigenvalue weighted by Gasteiger charge is 2.23. The van der Waals surface area contributed by atoms with Crippen LogP contribution in [0.2, 0.25) is 0 Å². The van der Waals surface area contributed by atoms with E-state index < -0.39 is 0 Å². The van der Waals surface area contributed by atoms with Crippen LogP contribution in [0.15, 0.2) is 29.3 Å². The van der Waals surface area contributed by atoms with Crippen LogP contribution in [0.5, 0.6) is 0 Å². The maximum Gasteiger partial charge on any atom is 0.274 e.